The Labute approximate surface area is 246 Å². The Morgan fingerprint density at radius 1 is 1.17 bits per heavy atom. The normalized spacial score (nSPS) is 50.0. The zero-order chi connectivity index (χ0) is 30.5. The molecule has 12 atom stereocenters. The van der Waals surface area contributed by atoms with E-state index in [2.05, 4.69) is 13.5 Å². The molecule has 3 N–H and O–H groups in total. The number of rotatable bonds is 9. The highest BCUT2D eigenvalue weighted by atomic mass is 16.9. The molecule has 0 aromatic rings. The summed E-state index contributed by atoms with van der Waals surface area (Å²) in [5, 5.41) is 34.4. The zero-order valence-electron chi connectivity index (χ0n) is 24.9. The topological polar surface area (TPSA) is 144 Å². The van der Waals surface area contributed by atoms with Gasteiger partial charge in [-0.1, -0.05) is 57.6 Å². The minimum Gasteiger partial charge on any atom is -0.459 e. The van der Waals surface area contributed by atoms with Crippen molar-refractivity contribution < 1.29 is 48.6 Å². The Bertz CT molecular complexity index is 1290. The van der Waals surface area contributed by atoms with Gasteiger partial charge in [-0.25, -0.2) is 0 Å². The summed E-state index contributed by atoms with van der Waals surface area (Å²) in [6.45, 7) is 12.2. The van der Waals surface area contributed by atoms with Crippen molar-refractivity contribution in [3.05, 3.63) is 48.1 Å². The number of carbonyl (C=O) groups excluding carboxylic acids is 2. The Morgan fingerprint density at radius 3 is 2.55 bits per heavy atom. The summed E-state index contributed by atoms with van der Waals surface area (Å²) in [5.41, 5.74) is -6.12. The number of carbonyl (C=O) groups is 2. The molecule has 6 aliphatic rings. The van der Waals surface area contributed by atoms with Gasteiger partial charge in [0, 0.05) is 30.8 Å². The molecule has 3 bridgehead atoms. The molecule has 3 saturated heterocycles. The number of fused-ring (bicyclic) bond motifs is 3. The monoisotopic (exact) mass is 586 g/mol. The lowest BCUT2D eigenvalue weighted by Gasteiger charge is -2.61. The third kappa shape index (κ3) is 3.51. The fourth-order valence-corrected chi connectivity index (χ4v) is 8.66. The van der Waals surface area contributed by atoms with Gasteiger partial charge in [-0.15, -0.1) is 0 Å². The first-order chi connectivity index (χ1) is 19.8. The highest BCUT2D eigenvalue weighted by Gasteiger charge is 2.90. The fraction of sp³-hybridized carbons (Fsp3) is 0.688. The van der Waals surface area contributed by atoms with Crippen LogP contribution < -0.4 is 0 Å². The van der Waals surface area contributed by atoms with Crippen LogP contribution in [0, 0.1) is 17.8 Å². The maximum Gasteiger partial charge on any atom is 0.307 e. The lowest BCUT2D eigenvalue weighted by Crippen LogP contribution is -2.76. The predicted octanol–water partition coefficient (Wildman–Crippen LogP) is 2.41. The number of esters is 1. The number of unbranched alkanes of at least 4 members (excludes halogenated alkanes) is 3. The van der Waals surface area contributed by atoms with Crippen LogP contribution in [0.25, 0.3) is 0 Å². The van der Waals surface area contributed by atoms with E-state index >= 15 is 0 Å². The third-order valence-electron chi connectivity index (χ3n) is 10.6. The van der Waals surface area contributed by atoms with E-state index in [4.69, 9.17) is 23.7 Å². The maximum atomic E-state index is 13.7. The van der Waals surface area contributed by atoms with Gasteiger partial charge < -0.3 is 39.0 Å². The second-order valence-electron chi connectivity index (χ2n) is 12.9. The van der Waals surface area contributed by atoms with Gasteiger partial charge in [0.1, 0.15) is 30.0 Å². The highest BCUT2D eigenvalue weighted by molar-refractivity contribution is 6.05. The summed E-state index contributed by atoms with van der Waals surface area (Å²) in [5.74, 6) is -5.58. The van der Waals surface area contributed by atoms with Crippen LogP contribution in [0.2, 0.25) is 0 Å². The zero-order valence-corrected chi connectivity index (χ0v) is 24.9. The molecule has 3 aliphatic carbocycles. The van der Waals surface area contributed by atoms with E-state index in [-0.39, 0.29) is 5.57 Å². The van der Waals surface area contributed by atoms with E-state index in [0.29, 0.717) is 5.57 Å². The van der Waals surface area contributed by atoms with Crippen molar-refractivity contribution in [2.75, 3.05) is 6.61 Å². The Kier molecular flexibility index (Phi) is 6.87. The van der Waals surface area contributed by atoms with Crippen LogP contribution in [0.4, 0.5) is 0 Å². The first kappa shape index (κ1) is 29.9. The van der Waals surface area contributed by atoms with Crippen molar-refractivity contribution in [3.8, 4) is 0 Å². The molecule has 6 rings (SSSR count). The van der Waals surface area contributed by atoms with Crippen LogP contribution in [0.15, 0.2) is 48.1 Å². The first-order valence-electron chi connectivity index (χ1n) is 15.0. The molecule has 0 amide bonds. The van der Waals surface area contributed by atoms with Crippen molar-refractivity contribution >= 4 is 11.8 Å². The molecule has 1 unspecified atom stereocenters. The number of Topliss-reactive ketones (excluding diaryl/α,β-unsaturated/α-hetero) is 1. The number of ketones is 1. The molecule has 3 aliphatic heterocycles. The van der Waals surface area contributed by atoms with Crippen LogP contribution in [0.1, 0.15) is 60.3 Å². The second-order valence-corrected chi connectivity index (χ2v) is 12.9. The number of hydrogen-bond donors (Lipinski definition) is 3. The molecular weight excluding hydrogens is 544 g/mol. The Hall–Kier alpha value is -2.18. The molecule has 230 valence electrons. The van der Waals surface area contributed by atoms with Crippen LogP contribution >= 0.6 is 0 Å². The first-order valence-corrected chi connectivity index (χ1v) is 15.0. The Morgan fingerprint density at radius 2 is 1.90 bits per heavy atom. The third-order valence-corrected chi connectivity index (χ3v) is 10.6. The van der Waals surface area contributed by atoms with Gasteiger partial charge in [-0.2, -0.15) is 0 Å². The fourth-order valence-electron chi connectivity index (χ4n) is 8.66. The molecule has 3 heterocycles. The number of hydrogen-bond acceptors (Lipinski definition) is 10. The molecule has 0 aromatic carbocycles. The summed E-state index contributed by atoms with van der Waals surface area (Å²) in [6, 6.07) is 0. The molecule has 0 radical (unpaired) electrons. The number of ether oxygens (including phenoxy) is 5. The van der Waals surface area contributed by atoms with E-state index in [1.54, 1.807) is 32.1 Å². The molecule has 42 heavy (non-hydrogen) atoms. The van der Waals surface area contributed by atoms with Gasteiger partial charge in [0.05, 0.1) is 12.2 Å². The van der Waals surface area contributed by atoms with E-state index < -0.39 is 88.9 Å². The summed E-state index contributed by atoms with van der Waals surface area (Å²) in [7, 11) is 0. The maximum absolute atomic E-state index is 13.7. The van der Waals surface area contributed by atoms with E-state index in [9.17, 15) is 24.9 Å². The Balaban J connectivity index is 1.55. The summed E-state index contributed by atoms with van der Waals surface area (Å²) in [4.78, 5) is 26.2. The highest BCUT2D eigenvalue weighted by Crippen LogP contribution is 2.73. The SMILES string of the molecule is C=C(C)[C@@]12O[C@@]3(/C=C/C=C/CCCCC)O[C@@H]1[C@@H]1[C@@H]4O[C@]4(CO)[C@@H](O)[C@]4(O)C(=O)C(C)=C[C@H]4C1(O3)[C@H](C)[C@H]2OC(C)=O. The molecule has 0 spiro atoms. The van der Waals surface area contributed by atoms with Crippen LogP contribution in [-0.2, 0) is 33.3 Å². The van der Waals surface area contributed by atoms with Gasteiger partial charge in [0.15, 0.2) is 17.0 Å². The standard InChI is InChI=1S/C32H42O10/c1-7-8-9-10-11-12-13-14-29-40-26-22-25-28(16-33,39-25)27(36)30(37)21(15-18(4)23(30)35)32(22,42-29)19(5)24(38-20(6)34)31(26,41-29)17(2)3/h11-15,19,21-22,24-27,33,36-37H,2,7-10,16H2,1,3-6H3/b12-11+,14-13+/t19-,21-,22+,24-,25+,26-,27-,28+,29-,30-,31+,32?/m1/s1. The smallest absolute Gasteiger partial charge is 0.307 e. The average molecular weight is 587 g/mol. The van der Waals surface area contributed by atoms with E-state index in [1.165, 1.54) is 6.92 Å². The second kappa shape index (κ2) is 9.66. The molecular formula is C32H42O10. The van der Waals surface area contributed by atoms with Crippen LogP contribution in [0.3, 0.4) is 0 Å². The van der Waals surface area contributed by atoms with Crippen molar-refractivity contribution in [1.29, 1.82) is 0 Å². The molecule has 2 saturated carbocycles. The average Bonchev–Trinajstić information content (AvgIpc) is 3.57. The van der Waals surface area contributed by atoms with Crippen LogP contribution in [-0.4, -0.2) is 86.5 Å². The summed E-state index contributed by atoms with van der Waals surface area (Å²) >= 11 is 0. The molecule has 5 fully saturated rings. The number of epoxide rings is 1. The van der Waals surface area contributed by atoms with Gasteiger partial charge >= 0.3 is 11.9 Å². The van der Waals surface area contributed by atoms with Crippen molar-refractivity contribution in [1.82, 2.24) is 0 Å². The van der Waals surface area contributed by atoms with Crippen molar-refractivity contribution in [2.24, 2.45) is 17.8 Å². The number of aliphatic hydroxyl groups excluding tert-OH is 2. The van der Waals surface area contributed by atoms with Crippen molar-refractivity contribution in [2.45, 2.75) is 113 Å². The van der Waals surface area contributed by atoms with E-state index in [0.717, 1.165) is 25.7 Å². The molecule has 10 heteroatoms. The van der Waals surface area contributed by atoms with Gasteiger partial charge in [0.2, 0.25) is 0 Å². The minimum absolute atomic E-state index is 0.248. The largest absolute Gasteiger partial charge is 0.459 e. The lowest BCUT2D eigenvalue weighted by atomic mass is 9.53. The predicted molar refractivity (Wildman–Crippen MR) is 149 cm³/mol. The minimum atomic E-state index is -2.38. The van der Waals surface area contributed by atoms with Gasteiger partial charge in [0.25, 0.3) is 0 Å². The number of aliphatic hydroxyl groups is 3. The van der Waals surface area contributed by atoms with Crippen LogP contribution in [0.5, 0.6) is 0 Å². The number of allylic oxidation sites excluding steroid dienone is 3. The van der Waals surface area contributed by atoms with Gasteiger partial charge in [-0.05, 0) is 37.8 Å². The van der Waals surface area contributed by atoms with Gasteiger partial charge in [-0.3, -0.25) is 9.59 Å². The summed E-state index contributed by atoms with van der Waals surface area (Å²) in [6.07, 6.45) is 8.71. The molecule has 10 nitrogen and oxygen atoms in total. The quantitative estimate of drug-likeness (QED) is 0.121. The van der Waals surface area contributed by atoms with E-state index in [1.807, 2.05) is 19.1 Å². The lowest BCUT2D eigenvalue weighted by molar-refractivity contribution is -0.407. The van der Waals surface area contributed by atoms with Crippen molar-refractivity contribution in [3.63, 3.8) is 0 Å². The molecule has 0 aromatic heterocycles. The summed E-state index contributed by atoms with van der Waals surface area (Å²) < 4.78 is 32.4.